The summed E-state index contributed by atoms with van der Waals surface area (Å²) in [6, 6.07) is -0.691. The SMILES string of the molecule is CC(C)C1SCC(C(=O)O)N1C(=O)CC1CCCCO1. The molecule has 1 N–H and O–H groups in total. The minimum Gasteiger partial charge on any atom is -0.480 e. The van der Waals surface area contributed by atoms with E-state index in [2.05, 4.69) is 0 Å². The van der Waals surface area contributed by atoms with E-state index in [4.69, 9.17) is 4.74 Å². The van der Waals surface area contributed by atoms with Crippen molar-refractivity contribution in [2.45, 2.75) is 57.1 Å². The molecule has 0 aromatic heterocycles. The number of hydrogen-bond donors (Lipinski definition) is 1. The largest absolute Gasteiger partial charge is 0.480 e. The van der Waals surface area contributed by atoms with E-state index < -0.39 is 12.0 Å². The number of thioether (sulfide) groups is 1. The van der Waals surface area contributed by atoms with E-state index in [0.29, 0.717) is 18.8 Å². The van der Waals surface area contributed by atoms with Gasteiger partial charge in [0.2, 0.25) is 5.91 Å². The highest BCUT2D eigenvalue weighted by atomic mass is 32.2. The van der Waals surface area contributed by atoms with Gasteiger partial charge in [0.05, 0.1) is 17.9 Å². The van der Waals surface area contributed by atoms with Gasteiger partial charge in [-0.25, -0.2) is 4.79 Å². The first-order valence-electron chi connectivity index (χ1n) is 7.28. The Morgan fingerprint density at radius 3 is 2.70 bits per heavy atom. The van der Waals surface area contributed by atoms with Crippen molar-refractivity contribution >= 4 is 23.6 Å². The van der Waals surface area contributed by atoms with Crippen LogP contribution in [-0.4, -0.2) is 51.8 Å². The third-order valence-corrected chi connectivity index (χ3v) is 5.48. The van der Waals surface area contributed by atoms with Gasteiger partial charge in [0.15, 0.2) is 0 Å². The van der Waals surface area contributed by atoms with Gasteiger partial charge in [-0.3, -0.25) is 4.79 Å². The number of rotatable bonds is 4. The third kappa shape index (κ3) is 3.47. The van der Waals surface area contributed by atoms with Crippen molar-refractivity contribution in [2.24, 2.45) is 5.92 Å². The maximum absolute atomic E-state index is 12.5. The van der Waals surface area contributed by atoms with Crippen LogP contribution in [0.3, 0.4) is 0 Å². The molecule has 2 heterocycles. The van der Waals surface area contributed by atoms with Gasteiger partial charge in [0.1, 0.15) is 6.04 Å². The number of carbonyl (C=O) groups is 2. The molecular formula is C14H23NO4S. The molecule has 0 aromatic rings. The Morgan fingerprint density at radius 1 is 1.40 bits per heavy atom. The molecule has 0 aromatic carbocycles. The van der Waals surface area contributed by atoms with E-state index in [1.807, 2.05) is 13.8 Å². The van der Waals surface area contributed by atoms with E-state index in [1.165, 1.54) is 0 Å². The van der Waals surface area contributed by atoms with Crippen LogP contribution in [0.15, 0.2) is 0 Å². The first-order valence-corrected chi connectivity index (χ1v) is 8.32. The monoisotopic (exact) mass is 301 g/mol. The maximum Gasteiger partial charge on any atom is 0.327 e. The van der Waals surface area contributed by atoms with Crippen LogP contribution < -0.4 is 0 Å². The Balaban J connectivity index is 2.04. The summed E-state index contributed by atoms with van der Waals surface area (Å²) in [5.74, 6) is -0.248. The highest BCUT2D eigenvalue weighted by molar-refractivity contribution is 8.00. The van der Waals surface area contributed by atoms with Gasteiger partial charge < -0.3 is 14.7 Å². The van der Waals surface area contributed by atoms with Gasteiger partial charge in [-0.1, -0.05) is 13.8 Å². The van der Waals surface area contributed by atoms with Crippen LogP contribution >= 0.6 is 11.8 Å². The van der Waals surface area contributed by atoms with E-state index >= 15 is 0 Å². The first kappa shape index (κ1) is 15.6. The van der Waals surface area contributed by atoms with Gasteiger partial charge in [-0.05, 0) is 25.2 Å². The van der Waals surface area contributed by atoms with Crippen LogP contribution in [0.4, 0.5) is 0 Å². The van der Waals surface area contributed by atoms with Gasteiger partial charge in [-0.15, -0.1) is 11.8 Å². The Hall–Kier alpha value is -0.750. The van der Waals surface area contributed by atoms with Crippen LogP contribution in [0, 0.1) is 5.92 Å². The van der Waals surface area contributed by atoms with Crippen molar-refractivity contribution in [2.75, 3.05) is 12.4 Å². The molecule has 2 saturated heterocycles. The van der Waals surface area contributed by atoms with Crippen molar-refractivity contribution in [1.29, 1.82) is 0 Å². The summed E-state index contributed by atoms with van der Waals surface area (Å²) in [7, 11) is 0. The lowest BCUT2D eigenvalue weighted by Crippen LogP contribution is -2.48. The third-order valence-electron chi connectivity index (χ3n) is 3.85. The zero-order valence-electron chi connectivity index (χ0n) is 12.1. The minimum atomic E-state index is -0.904. The molecule has 0 bridgehead atoms. The van der Waals surface area contributed by atoms with E-state index in [-0.39, 0.29) is 23.3 Å². The van der Waals surface area contributed by atoms with Crippen molar-refractivity contribution in [3.8, 4) is 0 Å². The summed E-state index contributed by atoms with van der Waals surface area (Å²) in [5.41, 5.74) is 0. The number of ether oxygens (including phenoxy) is 1. The Kier molecular flexibility index (Phi) is 5.32. The summed E-state index contributed by atoms with van der Waals surface area (Å²) < 4.78 is 5.60. The molecular weight excluding hydrogens is 278 g/mol. The molecule has 1 amide bonds. The average Bonchev–Trinajstić information content (AvgIpc) is 2.84. The van der Waals surface area contributed by atoms with E-state index in [0.717, 1.165) is 19.3 Å². The number of nitrogens with zero attached hydrogens (tertiary/aromatic N) is 1. The number of hydrogen-bond acceptors (Lipinski definition) is 4. The highest BCUT2D eigenvalue weighted by Gasteiger charge is 2.43. The van der Waals surface area contributed by atoms with E-state index in [1.54, 1.807) is 16.7 Å². The standard InChI is InChI=1S/C14H23NO4S/c1-9(2)13-15(11(8-20-13)14(17)18)12(16)7-10-5-3-4-6-19-10/h9-11,13H,3-8H2,1-2H3,(H,17,18). The van der Waals surface area contributed by atoms with Crippen molar-refractivity contribution in [3.05, 3.63) is 0 Å². The number of carboxylic acids is 1. The van der Waals surface area contributed by atoms with Gasteiger partial charge in [0, 0.05) is 12.4 Å². The van der Waals surface area contributed by atoms with Crippen molar-refractivity contribution < 1.29 is 19.4 Å². The van der Waals surface area contributed by atoms with Gasteiger partial charge in [0.25, 0.3) is 0 Å². The molecule has 5 nitrogen and oxygen atoms in total. The zero-order valence-corrected chi connectivity index (χ0v) is 12.9. The maximum atomic E-state index is 12.5. The predicted molar refractivity (Wildman–Crippen MR) is 77.6 cm³/mol. The van der Waals surface area contributed by atoms with Crippen LogP contribution in [0.25, 0.3) is 0 Å². The fourth-order valence-electron chi connectivity index (χ4n) is 2.82. The second kappa shape index (κ2) is 6.80. The first-order chi connectivity index (χ1) is 9.50. The van der Waals surface area contributed by atoms with Crippen molar-refractivity contribution in [3.63, 3.8) is 0 Å². The molecule has 0 radical (unpaired) electrons. The van der Waals surface area contributed by atoms with Gasteiger partial charge in [-0.2, -0.15) is 0 Å². The Bertz CT molecular complexity index is 368. The van der Waals surface area contributed by atoms with Crippen LogP contribution in [0.2, 0.25) is 0 Å². The summed E-state index contributed by atoms with van der Waals surface area (Å²) in [6.45, 7) is 4.77. The molecule has 0 spiro atoms. The highest BCUT2D eigenvalue weighted by Crippen LogP contribution is 2.35. The minimum absolute atomic E-state index is 0.0350. The summed E-state index contributed by atoms with van der Waals surface area (Å²) in [5, 5.41) is 9.26. The molecule has 20 heavy (non-hydrogen) atoms. The Labute approximate surface area is 124 Å². The van der Waals surface area contributed by atoms with E-state index in [9.17, 15) is 14.7 Å². The molecule has 0 aliphatic carbocycles. The fraction of sp³-hybridized carbons (Fsp3) is 0.857. The molecule has 6 heteroatoms. The second-order valence-electron chi connectivity index (χ2n) is 5.82. The smallest absolute Gasteiger partial charge is 0.327 e. The molecule has 3 atom stereocenters. The molecule has 0 saturated carbocycles. The van der Waals surface area contributed by atoms with Gasteiger partial charge >= 0.3 is 5.97 Å². The molecule has 2 rings (SSSR count). The predicted octanol–water partition coefficient (Wildman–Crippen LogP) is 1.96. The van der Waals surface area contributed by atoms with Crippen molar-refractivity contribution in [1.82, 2.24) is 4.90 Å². The van der Waals surface area contributed by atoms with Crippen LogP contribution in [0.5, 0.6) is 0 Å². The quantitative estimate of drug-likeness (QED) is 0.860. The number of amides is 1. The summed E-state index contributed by atoms with van der Waals surface area (Å²) >= 11 is 1.57. The second-order valence-corrected chi connectivity index (χ2v) is 6.97. The lowest BCUT2D eigenvalue weighted by Gasteiger charge is -2.31. The van der Waals surface area contributed by atoms with Crippen LogP contribution in [-0.2, 0) is 14.3 Å². The topological polar surface area (TPSA) is 66.8 Å². The summed E-state index contributed by atoms with van der Waals surface area (Å²) in [6.07, 6.45) is 3.31. The lowest BCUT2D eigenvalue weighted by molar-refractivity contribution is -0.151. The zero-order chi connectivity index (χ0) is 14.7. The fourth-order valence-corrected chi connectivity index (χ4v) is 4.31. The average molecular weight is 301 g/mol. The molecule has 2 aliphatic rings. The lowest BCUT2D eigenvalue weighted by atomic mass is 10.0. The normalized spacial score (nSPS) is 30.8. The molecule has 2 aliphatic heterocycles. The summed E-state index contributed by atoms with van der Waals surface area (Å²) in [4.78, 5) is 25.4. The Morgan fingerprint density at radius 2 is 2.15 bits per heavy atom. The number of carbonyl (C=O) groups excluding carboxylic acids is 1. The molecule has 2 fully saturated rings. The number of aliphatic carboxylic acids is 1. The molecule has 114 valence electrons. The molecule has 3 unspecified atom stereocenters. The van der Waals surface area contributed by atoms with Crippen LogP contribution in [0.1, 0.15) is 39.5 Å². The number of carboxylic acid groups (broad SMARTS) is 1.